The Balaban J connectivity index is 0.000000495. The minimum atomic E-state index is -0.623. The maximum Gasteiger partial charge on any atom is 2.00 e. The predicted molar refractivity (Wildman–Crippen MR) is 100 cm³/mol. The first-order valence-corrected chi connectivity index (χ1v) is 8.83. The van der Waals surface area contributed by atoms with Crippen LogP contribution in [0.15, 0.2) is 28.7 Å². The molecule has 0 radical (unpaired) electrons. The number of rotatable bonds is 1. The molecular weight excluding hydrogens is 554 g/mol. The Morgan fingerprint density at radius 3 is 2.24 bits per heavy atom. The van der Waals surface area contributed by atoms with Gasteiger partial charge in [-0.3, -0.25) is 0 Å². The molecule has 1 aromatic rings. The second-order valence-corrected chi connectivity index (χ2v) is 8.06. The summed E-state index contributed by atoms with van der Waals surface area (Å²) in [5.74, 6) is 0. The van der Waals surface area contributed by atoms with Crippen LogP contribution >= 0.6 is 15.9 Å². The Morgan fingerprint density at radius 1 is 1.36 bits per heavy atom. The molecule has 1 aliphatic heterocycles. The summed E-state index contributed by atoms with van der Waals surface area (Å²) >= 11 is 3.35. The van der Waals surface area contributed by atoms with Crippen molar-refractivity contribution in [3.8, 4) is 0 Å². The van der Waals surface area contributed by atoms with Gasteiger partial charge in [-0.05, 0) is 52.9 Å². The van der Waals surface area contributed by atoms with Gasteiger partial charge < -0.3 is 21.3 Å². The summed E-state index contributed by atoms with van der Waals surface area (Å²) in [4.78, 5) is 13.3. The molecule has 0 aliphatic carbocycles. The van der Waals surface area contributed by atoms with E-state index in [1.165, 1.54) is 10.5 Å². The molecule has 2 rings (SSSR count). The fourth-order valence-corrected chi connectivity index (χ4v) is 2.44. The van der Waals surface area contributed by atoms with Crippen molar-refractivity contribution in [3.05, 3.63) is 47.8 Å². The molecule has 0 N–H and O–H groups in total. The number of carbonyl (C=O) groups is 1. The van der Waals surface area contributed by atoms with Crippen molar-refractivity contribution in [3.63, 3.8) is 0 Å². The number of ether oxygens (including phenoxy) is 2. The first-order valence-electron chi connectivity index (χ1n) is 8.03. The summed E-state index contributed by atoms with van der Waals surface area (Å²) in [5, 5.41) is 0. The average molecular weight is 582 g/mol. The fourth-order valence-electron chi connectivity index (χ4n) is 2.17. The number of benzene rings is 1. The van der Waals surface area contributed by atoms with Gasteiger partial charge in [0.2, 0.25) is 0 Å². The molecule has 1 amide bonds. The van der Waals surface area contributed by atoms with E-state index in [4.69, 9.17) is 9.47 Å². The van der Waals surface area contributed by atoms with Gasteiger partial charge in [-0.15, -0.1) is 0 Å². The monoisotopic (exact) mass is 581 g/mol. The van der Waals surface area contributed by atoms with E-state index in [2.05, 4.69) is 35.0 Å². The fraction of sp³-hybridized carbons (Fsp3) is 0.526. The number of nitrogens with zero attached hydrogens (tertiary/aromatic N) is 1. The second-order valence-electron chi connectivity index (χ2n) is 7.15. The number of amides is 1. The van der Waals surface area contributed by atoms with Crippen LogP contribution < -0.4 is 0 Å². The van der Waals surface area contributed by atoms with Crippen LogP contribution in [0, 0.1) is 13.5 Å². The number of halogens is 1. The standard InChI is InChI=1S/C11H20NO3.C8H8Br.W/c1-8-7-12(11(5,6)14-8)9(13)15-10(2,3)4;1-2-7-3-5-8(9)6-4-7;/h7-8H,1-6H3;3-6H,1-2H2;/q2*-1;+2/t8-;;/m0../s1. The van der Waals surface area contributed by atoms with Crippen LogP contribution in [-0.2, 0) is 37.0 Å². The van der Waals surface area contributed by atoms with Crippen LogP contribution in [0.5, 0.6) is 0 Å². The number of hydrogen-bond acceptors (Lipinski definition) is 3. The molecule has 6 heteroatoms. The first kappa shape index (κ1) is 24.6. The van der Waals surface area contributed by atoms with Gasteiger partial charge in [0.05, 0.1) is 0 Å². The molecule has 1 atom stereocenters. The Bertz CT molecular complexity index is 541. The van der Waals surface area contributed by atoms with Crippen molar-refractivity contribution in [1.82, 2.24) is 4.90 Å². The molecule has 140 valence electrons. The van der Waals surface area contributed by atoms with Crippen LogP contribution in [-0.4, -0.2) is 28.4 Å². The predicted octanol–water partition coefficient (Wildman–Crippen LogP) is 5.36. The van der Waals surface area contributed by atoms with Gasteiger partial charge in [-0.2, -0.15) is 6.42 Å². The van der Waals surface area contributed by atoms with E-state index in [0.717, 1.165) is 10.9 Å². The zero-order valence-corrected chi connectivity index (χ0v) is 20.4. The second kappa shape index (κ2) is 10.1. The molecule has 1 fully saturated rings. The van der Waals surface area contributed by atoms with Gasteiger partial charge in [-0.1, -0.05) is 40.5 Å². The van der Waals surface area contributed by atoms with Gasteiger partial charge in [0.25, 0.3) is 0 Å². The van der Waals surface area contributed by atoms with Gasteiger partial charge in [0.1, 0.15) is 11.3 Å². The summed E-state index contributed by atoms with van der Waals surface area (Å²) in [6, 6.07) is 8.19. The first-order chi connectivity index (χ1) is 10.9. The van der Waals surface area contributed by atoms with Gasteiger partial charge in [0.15, 0.2) is 0 Å². The minimum absolute atomic E-state index is 0. The zero-order chi connectivity index (χ0) is 18.5. The Labute approximate surface area is 175 Å². The minimum Gasteiger partial charge on any atom is -0.445 e. The smallest absolute Gasteiger partial charge is 0.445 e. The summed E-state index contributed by atoms with van der Waals surface area (Å²) < 4.78 is 12.0. The molecule has 4 nitrogen and oxygen atoms in total. The summed E-state index contributed by atoms with van der Waals surface area (Å²) in [5.41, 5.74) is 0.174. The van der Waals surface area contributed by atoms with Crippen molar-refractivity contribution in [1.29, 1.82) is 0 Å². The number of carbonyl (C=O) groups excluding carboxylic acids is 1. The van der Waals surface area contributed by atoms with Crippen LogP contribution in [0.3, 0.4) is 0 Å². The van der Waals surface area contributed by atoms with E-state index in [1.54, 1.807) is 6.54 Å². The van der Waals surface area contributed by atoms with Crippen molar-refractivity contribution >= 4 is 22.0 Å². The molecule has 0 bridgehead atoms. The van der Waals surface area contributed by atoms with Crippen LogP contribution in [0.1, 0.15) is 47.1 Å². The largest absolute Gasteiger partial charge is 2.00 e. The quantitative estimate of drug-likeness (QED) is 0.419. The molecule has 0 unspecified atom stereocenters. The molecule has 0 aromatic heterocycles. The van der Waals surface area contributed by atoms with Crippen LogP contribution in [0.4, 0.5) is 4.79 Å². The Morgan fingerprint density at radius 2 is 1.88 bits per heavy atom. The van der Waals surface area contributed by atoms with E-state index < -0.39 is 11.3 Å². The van der Waals surface area contributed by atoms with Gasteiger partial charge in [0, 0.05) is 4.47 Å². The SMILES string of the molecule is C[C@H]1[CH-]N(C(=O)OC(C)(C)C)C(C)(C)O1.[CH2-]Cc1ccc(Br)cc1.[W+2]. The topological polar surface area (TPSA) is 38.8 Å². The Kier molecular flexibility index (Phi) is 9.93. The summed E-state index contributed by atoms with van der Waals surface area (Å²) in [6.07, 6.45) is 0.442. The Hall–Kier alpha value is -0.382. The molecule has 1 aromatic carbocycles. The number of hydrogen-bond donors (Lipinski definition) is 0. The molecular formula is C19H28BrNO3W. The third-order valence-corrected chi connectivity index (χ3v) is 3.73. The third-order valence-electron chi connectivity index (χ3n) is 3.21. The van der Waals surface area contributed by atoms with E-state index >= 15 is 0 Å². The van der Waals surface area contributed by atoms with E-state index in [0.29, 0.717) is 0 Å². The third kappa shape index (κ3) is 8.70. The molecule has 1 heterocycles. The van der Waals surface area contributed by atoms with E-state index in [-0.39, 0.29) is 33.3 Å². The maximum atomic E-state index is 11.8. The average Bonchev–Trinajstić information content (AvgIpc) is 2.71. The van der Waals surface area contributed by atoms with Crippen LogP contribution in [0.2, 0.25) is 0 Å². The van der Waals surface area contributed by atoms with Crippen molar-refractivity contribution in [2.45, 2.75) is 65.4 Å². The molecule has 1 aliphatic rings. The summed E-state index contributed by atoms with van der Waals surface area (Å²) in [7, 11) is 0. The van der Waals surface area contributed by atoms with E-state index in [1.807, 2.05) is 53.7 Å². The van der Waals surface area contributed by atoms with Crippen molar-refractivity contribution < 1.29 is 35.3 Å². The molecule has 25 heavy (non-hydrogen) atoms. The summed E-state index contributed by atoms with van der Waals surface area (Å²) in [6.45, 7) is 16.6. The van der Waals surface area contributed by atoms with E-state index in [9.17, 15) is 4.79 Å². The molecule has 0 spiro atoms. The van der Waals surface area contributed by atoms with Gasteiger partial charge in [-0.25, -0.2) is 11.3 Å². The molecule has 0 saturated carbocycles. The van der Waals surface area contributed by atoms with Crippen molar-refractivity contribution in [2.75, 3.05) is 0 Å². The van der Waals surface area contributed by atoms with Gasteiger partial charge >= 0.3 is 27.2 Å². The zero-order valence-electron chi connectivity index (χ0n) is 15.8. The van der Waals surface area contributed by atoms with Crippen LogP contribution in [0.25, 0.3) is 0 Å². The maximum absolute atomic E-state index is 11.8. The van der Waals surface area contributed by atoms with Crippen molar-refractivity contribution in [2.24, 2.45) is 0 Å². The normalized spacial score (nSPS) is 18.7. The molecule has 1 saturated heterocycles.